The fraction of sp³-hybridized carbons (Fsp3) is 0.538. The van der Waals surface area contributed by atoms with E-state index in [1.807, 2.05) is 12.1 Å². The lowest BCUT2D eigenvalue weighted by molar-refractivity contribution is 0.323. The molecule has 0 radical (unpaired) electrons. The molecule has 0 bridgehead atoms. The standard InChI is InChI=1S/C13H19NO3/c1-8-7-13(8,14)9-5-10(15-2)12(17-4)11(6-9)16-3/h5-6,8H,7,14H2,1-4H3. The summed E-state index contributed by atoms with van der Waals surface area (Å²) in [6.45, 7) is 2.14. The van der Waals surface area contributed by atoms with Crippen LogP contribution in [0.15, 0.2) is 12.1 Å². The van der Waals surface area contributed by atoms with Crippen molar-refractivity contribution in [3.63, 3.8) is 0 Å². The summed E-state index contributed by atoms with van der Waals surface area (Å²) in [7, 11) is 4.82. The van der Waals surface area contributed by atoms with Crippen molar-refractivity contribution >= 4 is 0 Å². The Bertz CT molecular complexity index is 408. The second kappa shape index (κ2) is 4.11. The number of methoxy groups -OCH3 is 3. The molecule has 2 unspecified atom stereocenters. The van der Waals surface area contributed by atoms with Crippen LogP contribution in [0.3, 0.4) is 0 Å². The second-order valence-electron chi connectivity index (χ2n) is 4.56. The Morgan fingerprint density at radius 3 is 1.88 bits per heavy atom. The van der Waals surface area contributed by atoms with Crippen LogP contribution in [0, 0.1) is 5.92 Å². The summed E-state index contributed by atoms with van der Waals surface area (Å²) in [5.74, 6) is 2.41. The van der Waals surface area contributed by atoms with Gasteiger partial charge in [-0.15, -0.1) is 0 Å². The zero-order valence-electron chi connectivity index (χ0n) is 10.7. The quantitative estimate of drug-likeness (QED) is 0.869. The average Bonchev–Trinajstić information content (AvgIpc) is 2.96. The van der Waals surface area contributed by atoms with Crippen LogP contribution < -0.4 is 19.9 Å². The van der Waals surface area contributed by atoms with E-state index in [1.165, 1.54) is 0 Å². The molecule has 0 aliphatic heterocycles. The number of rotatable bonds is 4. The molecule has 2 rings (SSSR count). The summed E-state index contributed by atoms with van der Waals surface area (Å²) in [6, 6.07) is 3.87. The Morgan fingerprint density at radius 2 is 1.59 bits per heavy atom. The first kappa shape index (κ1) is 12.0. The highest BCUT2D eigenvalue weighted by Gasteiger charge is 2.49. The number of hydrogen-bond donors (Lipinski definition) is 1. The van der Waals surface area contributed by atoms with E-state index in [9.17, 15) is 0 Å². The van der Waals surface area contributed by atoms with Gasteiger partial charge in [-0.3, -0.25) is 0 Å². The monoisotopic (exact) mass is 237 g/mol. The molecule has 0 amide bonds. The van der Waals surface area contributed by atoms with Crippen LogP contribution in [0.5, 0.6) is 17.2 Å². The number of nitrogens with two attached hydrogens (primary N) is 1. The van der Waals surface area contributed by atoms with Crippen molar-refractivity contribution in [2.75, 3.05) is 21.3 Å². The number of benzene rings is 1. The molecule has 17 heavy (non-hydrogen) atoms. The van der Waals surface area contributed by atoms with Crippen molar-refractivity contribution in [3.8, 4) is 17.2 Å². The first-order valence-electron chi connectivity index (χ1n) is 5.66. The summed E-state index contributed by atoms with van der Waals surface area (Å²) >= 11 is 0. The highest BCUT2D eigenvalue weighted by molar-refractivity contribution is 5.56. The van der Waals surface area contributed by atoms with Gasteiger partial charge in [0.15, 0.2) is 11.5 Å². The predicted molar refractivity (Wildman–Crippen MR) is 65.7 cm³/mol. The Morgan fingerprint density at radius 1 is 1.12 bits per heavy atom. The maximum Gasteiger partial charge on any atom is 0.203 e. The molecule has 2 atom stereocenters. The normalized spacial score (nSPS) is 26.5. The molecule has 1 aromatic carbocycles. The number of hydrogen-bond acceptors (Lipinski definition) is 4. The lowest BCUT2D eigenvalue weighted by atomic mass is 10.0. The van der Waals surface area contributed by atoms with Gasteiger partial charge in [-0.1, -0.05) is 6.92 Å². The molecule has 2 N–H and O–H groups in total. The summed E-state index contributed by atoms with van der Waals surface area (Å²) in [4.78, 5) is 0. The van der Waals surface area contributed by atoms with Gasteiger partial charge in [0.25, 0.3) is 0 Å². The van der Waals surface area contributed by atoms with E-state index in [-0.39, 0.29) is 5.54 Å². The van der Waals surface area contributed by atoms with E-state index in [4.69, 9.17) is 19.9 Å². The molecule has 1 saturated carbocycles. The molecule has 0 saturated heterocycles. The van der Waals surface area contributed by atoms with Crippen LogP contribution in [-0.2, 0) is 5.54 Å². The minimum Gasteiger partial charge on any atom is -0.493 e. The van der Waals surface area contributed by atoms with Gasteiger partial charge in [0.1, 0.15) is 0 Å². The molecular formula is C13H19NO3. The Balaban J connectivity index is 2.49. The van der Waals surface area contributed by atoms with Gasteiger partial charge in [-0.2, -0.15) is 0 Å². The molecule has 4 heteroatoms. The van der Waals surface area contributed by atoms with E-state index in [2.05, 4.69) is 6.92 Å². The zero-order valence-corrected chi connectivity index (χ0v) is 10.7. The summed E-state index contributed by atoms with van der Waals surface area (Å²) < 4.78 is 15.9. The SMILES string of the molecule is COc1cc(C2(N)CC2C)cc(OC)c1OC. The van der Waals surface area contributed by atoms with Crippen LogP contribution in [-0.4, -0.2) is 21.3 Å². The van der Waals surface area contributed by atoms with Crippen LogP contribution in [0.1, 0.15) is 18.9 Å². The van der Waals surface area contributed by atoms with Crippen molar-refractivity contribution < 1.29 is 14.2 Å². The maximum absolute atomic E-state index is 6.30. The highest BCUT2D eigenvalue weighted by Crippen LogP contribution is 2.52. The van der Waals surface area contributed by atoms with Crippen molar-refractivity contribution in [2.45, 2.75) is 18.9 Å². The fourth-order valence-corrected chi connectivity index (χ4v) is 2.20. The largest absolute Gasteiger partial charge is 0.493 e. The van der Waals surface area contributed by atoms with Crippen LogP contribution >= 0.6 is 0 Å². The third-order valence-electron chi connectivity index (χ3n) is 3.57. The van der Waals surface area contributed by atoms with E-state index in [0.717, 1.165) is 12.0 Å². The first-order chi connectivity index (χ1) is 8.06. The van der Waals surface area contributed by atoms with Gasteiger partial charge in [-0.25, -0.2) is 0 Å². The van der Waals surface area contributed by atoms with Crippen molar-refractivity contribution in [1.29, 1.82) is 0 Å². The topological polar surface area (TPSA) is 53.7 Å². The van der Waals surface area contributed by atoms with Crippen molar-refractivity contribution in [1.82, 2.24) is 0 Å². The van der Waals surface area contributed by atoms with Gasteiger partial charge in [0, 0.05) is 5.54 Å². The highest BCUT2D eigenvalue weighted by atomic mass is 16.5. The van der Waals surface area contributed by atoms with Crippen molar-refractivity contribution in [2.24, 2.45) is 11.7 Å². The van der Waals surface area contributed by atoms with Gasteiger partial charge in [-0.05, 0) is 30.0 Å². The zero-order chi connectivity index (χ0) is 12.6. The Hall–Kier alpha value is -1.42. The molecule has 1 fully saturated rings. The second-order valence-corrected chi connectivity index (χ2v) is 4.56. The lowest BCUT2D eigenvalue weighted by Gasteiger charge is -2.17. The molecule has 1 aliphatic carbocycles. The van der Waals surface area contributed by atoms with E-state index in [0.29, 0.717) is 23.2 Å². The lowest BCUT2D eigenvalue weighted by Crippen LogP contribution is -2.21. The minimum atomic E-state index is -0.243. The summed E-state index contributed by atoms with van der Waals surface area (Å²) in [5.41, 5.74) is 7.10. The summed E-state index contributed by atoms with van der Waals surface area (Å²) in [5, 5.41) is 0. The first-order valence-corrected chi connectivity index (χ1v) is 5.66. The van der Waals surface area contributed by atoms with Crippen LogP contribution in [0.4, 0.5) is 0 Å². The van der Waals surface area contributed by atoms with Gasteiger partial charge in [0.05, 0.1) is 21.3 Å². The van der Waals surface area contributed by atoms with Gasteiger partial charge in [0.2, 0.25) is 5.75 Å². The minimum absolute atomic E-state index is 0.243. The van der Waals surface area contributed by atoms with E-state index < -0.39 is 0 Å². The van der Waals surface area contributed by atoms with E-state index >= 15 is 0 Å². The van der Waals surface area contributed by atoms with Gasteiger partial charge < -0.3 is 19.9 Å². The smallest absolute Gasteiger partial charge is 0.203 e. The molecule has 0 aromatic heterocycles. The predicted octanol–water partition coefficient (Wildman–Crippen LogP) is 1.91. The molecule has 1 aliphatic rings. The molecule has 0 heterocycles. The Kier molecular flexibility index (Phi) is 2.91. The molecule has 94 valence electrons. The van der Waals surface area contributed by atoms with Crippen LogP contribution in [0.25, 0.3) is 0 Å². The van der Waals surface area contributed by atoms with E-state index in [1.54, 1.807) is 21.3 Å². The van der Waals surface area contributed by atoms with Crippen molar-refractivity contribution in [3.05, 3.63) is 17.7 Å². The molecule has 4 nitrogen and oxygen atoms in total. The number of ether oxygens (including phenoxy) is 3. The fourth-order valence-electron chi connectivity index (χ4n) is 2.20. The molecular weight excluding hydrogens is 218 g/mol. The third kappa shape index (κ3) is 1.82. The Labute approximate surface area is 102 Å². The summed E-state index contributed by atoms with van der Waals surface area (Å²) in [6.07, 6.45) is 0.992. The maximum atomic E-state index is 6.30. The molecule has 0 spiro atoms. The van der Waals surface area contributed by atoms with Gasteiger partial charge >= 0.3 is 0 Å². The molecule has 1 aromatic rings. The van der Waals surface area contributed by atoms with Crippen LogP contribution in [0.2, 0.25) is 0 Å². The third-order valence-corrected chi connectivity index (χ3v) is 3.57. The average molecular weight is 237 g/mol.